The van der Waals surface area contributed by atoms with Gasteiger partial charge in [-0.1, -0.05) is 37.6 Å². The fourth-order valence-corrected chi connectivity index (χ4v) is 3.72. The van der Waals surface area contributed by atoms with Gasteiger partial charge in [-0.15, -0.1) is 10.2 Å². The van der Waals surface area contributed by atoms with Crippen LogP contribution in [0.4, 0.5) is 13.2 Å². The molecule has 0 saturated carbocycles. The number of tetrazole rings is 1. The fraction of sp³-hybridized carbons (Fsp3) is 0.286. The molecule has 156 valence electrons. The van der Waals surface area contributed by atoms with Gasteiger partial charge in [0.2, 0.25) is 5.82 Å². The molecule has 0 aliphatic heterocycles. The predicted octanol–water partition coefficient (Wildman–Crippen LogP) is 6.19. The molecular formula is C21H18ClF3N4O. The molecule has 9 heteroatoms. The van der Waals surface area contributed by atoms with E-state index in [-0.39, 0.29) is 5.92 Å². The van der Waals surface area contributed by atoms with Crippen molar-refractivity contribution in [2.45, 2.75) is 38.8 Å². The van der Waals surface area contributed by atoms with E-state index in [4.69, 9.17) is 16.0 Å². The third-order valence-electron chi connectivity index (χ3n) is 4.98. The summed E-state index contributed by atoms with van der Waals surface area (Å²) < 4.78 is 46.2. The molecule has 2 aromatic heterocycles. The molecule has 0 saturated heterocycles. The second-order valence-corrected chi connectivity index (χ2v) is 7.81. The summed E-state index contributed by atoms with van der Waals surface area (Å²) in [5.74, 6) is 0.569. The van der Waals surface area contributed by atoms with Crippen LogP contribution in [0.5, 0.6) is 0 Å². The maximum absolute atomic E-state index is 13.5. The largest absolute Gasteiger partial charge is 0.453 e. The van der Waals surface area contributed by atoms with Crippen molar-refractivity contribution in [1.29, 1.82) is 0 Å². The monoisotopic (exact) mass is 434 g/mol. The average Bonchev–Trinajstić information content (AvgIpc) is 3.34. The summed E-state index contributed by atoms with van der Waals surface area (Å²) in [6.07, 6.45) is -3.48. The summed E-state index contributed by atoms with van der Waals surface area (Å²) in [6.45, 7) is 3.51. The van der Waals surface area contributed by atoms with Crippen LogP contribution in [0, 0.1) is 0 Å². The molecule has 0 aliphatic carbocycles. The number of fused-ring (bicyclic) bond motifs is 1. The highest BCUT2D eigenvalue weighted by Crippen LogP contribution is 2.36. The number of hydrogen-bond acceptors (Lipinski definition) is 4. The van der Waals surface area contributed by atoms with Crippen LogP contribution >= 0.6 is 11.6 Å². The van der Waals surface area contributed by atoms with Gasteiger partial charge < -0.3 is 4.42 Å². The zero-order valence-corrected chi connectivity index (χ0v) is 17.0. The van der Waals surface area contributed by atoms with Gasteiger partial charge in [0.05, 0.1) is 5.56 Å². The first-order valence-corrected chi connectivity index (χ1v) is 9.76. The van der Waals surface area contributed by atoms with E-state index in [9.17, 15) is 13.2 Å². The van der Waals surface area contributed by atoms with Gasteiger partial charge in [0.15, 0.2) is 5.76 Å². The van der Waals surface area contributed by atoms with Gasteiger partial charge in [0, 0.05) is 10.4 Å². The molecule has 4 aromatic rings. The number of furan rings is 1. The Morgan fingerprint density at radius 2 is 1.90 bits per heavy atom. The number of hydrogen-bond donors (Lipinski definition) is 1. The Labute approximate surface area is 175 Å². The number of rotatable bonds is 5. The van der Waals surface area contributed by atoms with Crippen LogP contribution in [0.3, 0.4) is 0 Å². The lowest BCUT2D eigenvalue weighted by atomic mass is 9.93. The van der Waals surface area contributed by atoms with E-state index in [0.29, 0.717) is 46.2 Å². The van der Waals surface area contributed by atoms with Crippen molar-refractivity contribution < 1.29 is 17.6 Å². The second-order valence-electron chi connectivity index (χ2n) is 7.40. The number of nitrogens with zero attached hydrogens (tertiary/aromatic N) is 3. The third-order valence-corrected chi connectivity index (χ3v) is 5.33. The number of nitrogens with one attached hydrogen (secondary N) is 1. The lowest BCUT2D eigenvalue weighted by molar-refractivity contribution is -0.138. The van der Waals surface area contributed by atoms with E-state index in [0.717, 1.165) is 10.9 Å². The topological polar surface area (TPSA) is 67.6 Å². The van der Waals surface area contributed by atoms with Crippen molar-refractivity contribution in [3.8, 4) is 11.6 Å². The molecule has 0 aliphatic rings. The number of alkyl halides is 3. The van der Waals surface area contributed by atoms with Gasteiger partial charge in [-0.2, -0.15) is 18.4 Å². The molecule has 0 fully saturated rings. The van der Waals surface area contributed by atoms with Crippen LogP contribution in [-0.2, 0) is 19.0 Å². The minimum absolute atomic E-state index is 0.208. The molecule has 4 rings (SSSR count). The summed E-state index contributed by atoms with van der Waals surface area (Å²) in [5.41, 5.74) is 1.72. The van der Waals surface area contributed by atoms with E-state index in [1.807, 2.05) is 0 Å². The van der Waals surface area contributed by atoms with E-state index in [1.54, 1.807) is 44.2 Å². The highest BCUT2D eigenvalue weighted by Gasteiger charge is 2.34. The quantitative estimate of drug-likeness (QED) is 0.406. The predicted molar refractivity (Wildman–Crippen MR) is 107 cm³/mol. The Kier molecular flexibility index (Phi) is 5.27. The summed E-state index contributed by atoms with van der Waals surface area (Å²) in [6, 6.07) is 9.88. The first kappa shape index (κ1) is 20.4. The molecule has 0 spiro atoms. The van der Waals surface area contributed by atoms with Crippen molar-refractivity contribution in [3.63, 3.8) is 0 Å². The van der Waals surface area contributed by atoms with Crippen LogP contribution < -0.4 is 0 Å². The lowest BCUT2D eigenvalue weighted by Crippen LogP contribution is -2.11. The molecule has 0 unspecified atom stereocenters. The molecule has 0 amide bonds. The third kappa shape index (κ3) is 4.05. The smallest absolute Gasteiger partial charge is 0.416 e. The van der Waals surface area contributed by atoms with Crippen LogP contribution in [0.25, 0.3) is 22.6 Å². The number of aromatic amines is 1. The van der Waals surface area contributed by atoms with E-state index < -0.39 is 11.7 Å². The van der Waals surface area contributed by atoms with E-state index in [1.165, 1.54) is 6.07 Å². The van der Waals surface area contributed by atoms with Gasteiger partial charge in [-0.25, -0.2) is 0 Å². The number of aromatic nitrogens is 4. The van der Waals surface area contributed by atoms with Gasteiger partial charge in [0.25, 0.3) is 0 Å². The van der Waals surface area contributed by atoms with Gasteiger partial charge >= 0.3 is 6.18 Å². The number of aryl methyl sites for hydroxylation is 2. The molecule has 5 nitrogen and oxygen atoms in total. The number of halogens is 4. The average molecular weight is 435 g/mol. The Balaban J connectivity index is 1.59. The van der Waals surface area contributed by atoms with Crippen molar-refractivity contribution in [2.24, 2.45) is 0 Å². The summed E-state index contributed by atoms with van der Waals surface area (Å²) in [7, 11) is 0. The molecule has 2 heterocycles. The fourth-order valence-electron chi connectivity index (χ4n) is 3.46. The highest BCUT2D eigenvalue weighted by atomic mass is 35.5. The number of H-pyrrole nitrogens is 1. The highest BCUT2D eigenvalue weighted by molar-refractivity contribution is 6.32. The minimum atomic E-state index is -4.38. The van der Waals surface area contributed by atoms with Crippen molar-refractivity contribution >= 4 is 22.6 Å². The molecule has 0 atom stereocenters. The van der Waals surface area contributed by atoms with Gasteiger partial charge in [-0.05, 0) is 64.9 Å². The molecule has 1 N–H and O–H groups in total. The molecule has 2 aromatic carbocycles. The summed E-state index contributed by atoms with van der Waals surface area (Å²) in [5, 5.41) is 14.9. The molecule has 0 radical (unpaired) electrons. The second kappa shape index (κ2) is 7.75. The summed E-state index contributed by atoms with van der Waals surface area (Å²) >= 11 is 6.40. The van der Waals surface area contributed by atoms with Crippen molar-refractivity contribution in [2.75, 3.05) is 0 Å². The first-order valence-electron chi connectivity index (χ1n) is 9.38. The van der Waals surface area contributed by atoms with Gasteiger partial charge in [0.1, 0.15) is 5.58 Å². The van der Waals surface area contributed by atoms with Crippen LogP contribution in [0.1, 0.15) is 42.0 Å². The maximum Gasteiger partial charge on any atom is 0.416 e. The maximum atomic E-state index is 13.5. The molecule has 0 bridgehead atoms. The van der Waals surface area contributed by atoms with Gasteiger partial charge in [-0.3, -0.25) is 0 Å². The minimum Gasteiger partial charge on any atom is -0.453 e. The Hall–Kier alpha value is -2.87. The zero-order valence-electron chi connectivity index (χ0n) is 16.2. The lowest BCUT2D eigenvalue weighted by Gasteiger charge is -2.17. The SMILES string of the molecule is CC(C)c1ccc(CCc2cc3oc(-c4nn[nH]n4)cc3cc2Cl)cc1C(F)(F)F. The molecular weight excluding hydrogens is 417 g/mol. The Morgan fingerprint density at radius 3 is 2.57 bits per heavy atom. The van der Waals surface area contributed by atoms with E-state index in [2.05, 4.69) is 20.6 Å². The first-order chi connectivity index (χ1) is 14.2. The van der Waals surface area contributed by atoms with E-state index >= 15 is 0 Å². The normalized spacial score (nSPS) is 12.2. The van der Waals surface area contributed by atoms with Crippen molar-refractivity contribution in [1.82, 2.24) is 20.6 Å². The van der Waals surface area contributed by atoms with Crippen LogP contribution in [-0.4, -0.2) is 20.6 Å². The Morgan fingerprint density at radius 1 is 1.10 bits per heavy atom. The number of benzene rings is 2. The molecule has 30 heavy (non-hydrogen) atoms. The summed E-state index contributed by atoms with van der Waals surface area (Å²) in [4.78, 5) is 0. The standard InChI is InChI=1S/C21H18ClF3N4O/c1-11(2)15-6-4-12(7-16(15)21(23,24)25)3-5-13-9-18-14(8-17(13)22)10-19(30-18)20-26-28-29-27-20/h4,6-11H,3,5H2,1-2H3,(H,26,27,28,29). The Bertz CT molecular complexity index is 1180. The van der Waals surface area contributed by atoms with Crippen LogP contribution in [0.2, 0.25) is 5.02 Å². The van der Waals surface area contributed by atoms with Crippen molar-refractivity contribution in [3.05, 3.63) is 63.7 Å². The van der Waals surface area contributed by atoms with Crippen LogP contribution in [0.15, 0.2) is 40.8 Å². The zero-order chi connectivity index (χ0) is 21.5.